The van der Waals surface area contributed by atoms with Crippen LogP contribution in [0.4, 0.5) is 5.69 Å². The fourth-order valence-corrected chi connectivity index (χ4v) is 3.52. The Balaban J connectivity index is 2.20. The molecule has 1 aliphatic rings. The molecule has 0 aliphatic carbocycles. The Labute approximate surface area is 136 Å². The molecule has 128 valence electrons. The standard InChI is InChI=1S/C15H23N3O4S/c1-16-23(20,21)13-5-3-4-12(10-13)18-14(19)15(11-22-2)6-8-17-9-7-15/h3-5,10,16-17H,6-9,11H2,1-2H3,(H,18,19). The molecule has 2 rings (SSSR count). The van der Waals surface area contributed by atoms with E-state index in [1.165, 1.54) is 19.2 Å². The van der Waals surface area contributed by atoms with Crippen molar-refractivity contribution in [2.24, 2.45) is 5.41 Å². The third-order valence-corrected chi connectivity index (χ3v) is 5.55. The van der Waals surface area contributed by atoms with Gasteiger partial charge >= 0.3 is 0 Å². The van der Waals surface area contributed by atoms with Gasteiger partial charge in [0.2, 0.25) is 15.9 Å². The molecule has 1 aromatic carbocycles. The van der Waals surface area contributed by atoms with E-state index < -0.39 is 15.4 Å². The summed E-state index contributed by atoms with van der Waals surface area (Å²) in [6.07, 6.45) is 1.36. The number of benzene rings is 1. The second kappa shape index (κ2) is 7.39. The van der Waals surface area contributed by atoms with Gasteiger partial charge in [0.05, 0.1) is 16.9 Å². The molecule has 1 aromatic rings. The smallest absolute Gasteiger partial charge is 0.240 e. The highest BCUT2D eigenvalue weighted by Crippen LogP contribution is 2.31. The summed E-state index contributed by atoms with van der Waals surface area (Å²) in [5, 5.41) is 6.07. The van der Waals surface area contributed by atoms with Crippen molar-refractivity contribution in [1.82, 2.24) is 10.0 Å². The van der Waals surface area contributed by atoms with E-state index in [1.807, 2.05) is 0 Å². The van der Waals surface area contributed by atoms with Crippen LogP contribution in [0.2, 0.25) is 0 Å². The van der Waals surface area contributed by atoms with Crippen LogP contribution in [0, 0.1) is 5.41 Å². The summed E-state index contributed by atoms with van der Waals surface area (Å²) < 4.78 is 31.2. The molecule has 0 unspecified atom stereocenters. The summed E-state index contributed by atoms with van der Waals surface area (Å²) in [5.41, 5.74) is -0.127. The Morgan fingerprint density at radius 1 is 1.35 bits per heavy atom. The van der Waals surface area contributed by atoms with Crippen LogP contribution < -0.4 is 15.4 Å². The minimum absolute atomic E-state index is 0.115. The van der Waals surface area contributed by atoms with Crippen molar-refractivity contribution in [3.05, 3.63) is 24.3 Å². The highest BCUT2D eigenvalue weighted by Gasteiger charge is 2.39. The number of carbonyl (C=O) groups is 1. The number of sulfonamides is 1. The number of hydrogen-bond acceptors (Lipinski definition) is 5. The van der Waals surface area contributed by atoms with Gasteiger partial charge in [0.1, 0.15) is 0 Å². The lowest BCUT2D eigenvalue weighted by molar-refractivity contribution is -0.130. The lowest BCUT2D eigenvalue weighted by Crippen LogP contribution is -2.47. The van der Waals surface area contributed by atoms with E-state index in [9.17, 15) is 13.2 Å². The predicted octanol–water partition coefficient (Wildman–Crippen LogP) is 0.549. The van der Waals surface area contributed by atoms with E-state index in [-0.39, 0.29) is 10.8 Å². The second-order valence-electron chi connectivity index (χ2n) is 5.65. The van der Waals surface area contributed by atoms with Gasteiger partial charge in [-0.15, -0.1) is 0 Å². The molecule has 0 radical (unpaired) electrons. The van der Waals surface area contributed by atoms with Gasteiger partial charge in [-0.2, -0.15) is 0 Å². The van der Waals surface area contributed by atoms with Crippen molar-refractivity contribution in [3.8, 4) is 0 Å². The van der Waals surface area contributed by atoms with Crippen molar-refractivity contribution < 1.29 is 17.9 Å². The number of carbonyl (C=O) groups excluding carboxylic acids is 1. The molecule has 1 aliphatic heterocycles. The molecule has 0 spiro atoms. The molecule has 0 atom stereocenters. The first kappa shape index (κ1) is 17.9. The Morgan fingerprint density at radius 2 is 2.04 bits per heavy atom. The zero-order valence-corrected chi connectivity index (χ0v) is 14.2. The van der Waals surface area contributed by atoms with E-state index in [2.05, 4.69) is 15.4 Å². The summed E-state index contributed by atoms with van der Waals surface area (Å²) in [5.74, 6) is -0.139. The van der Waals surface area contributed by atoms with Crippen LogP contribution in [0.25, 0.3) is 0 Å². The molecule has 0 aromatic heterocycles. The molecule has 8 heteroatoms. The van der Waals surface area contributed by atoms with E-state index >= 15 is 0 Å². The van der Waals surface area contributed by atoms with Crippen molar-refractivity contribution in [3.63, 3.8) is 0 Å². The highest BCUT2D eigenvalue weighted by atomic mass is 32.2. The number of piperidine rings is 1. The van der Waals surface area contributed by atoms with Gasteiger partial charge in [-0.05, 0) is 51.2 Å². The summed E-state index contributed by atoms with van der Waals surface area (Å²) in [6, 6.07) is 6.21. The Hall–Kier alpha value is -1.48. The number of hydrogen-bond donors (Lipinski definition) is 3. The minimum Gasteiger partial charge on any atom is -0.384 e. The number of anilines is 1. The van der Waals surface area contributed by atoms with E-state index in [0.29, 0.717) is 25.1 Å². The van der Waals surface area contributed by atoms with Gasteiger partial charge in [-0.1, -0.05) is 6.07 Å². The number of nitrogens with one attached hydrogen (secondary N) is 3. The summed E-state index contributed by atoms with van der Waals surface area (Å²) in [6.45, 7) is 1.85. The van der Waals surface area contributed by atoms with E-state index in [0.717, 1.165) is 13.1 Å². The number of methoxy groups -OCH3 is 1. The molecule has 7 nitrogen and oxygen atoms in total. The third-order valence-electron chi connectivity index (χ3n) is 4.13. The van der Waals surface area contributed by atoms with E-state index in [4.69, 9.17) is 4.74 Å². The third kappa shape index (κ3) is 4.08. The SMILES string of the molecule is CNS(=O)(=O)c1cccc(NC(=O)C2(COC)CCNCC2)c1. The largest absolute Gasteiger partial charge is 0.384 e. The van der Waals surface area contributed by atoms with E-state index in [1.54, 1.807) is 19.2 Å². The maximum atomic E-state index is 12.7. The maximum absolute atomic E-state index is 12.7. The molecule has 1 fully saturated rings. The monoisotopic (exact) mass is 341 g/mol. The number of amides is 1. The van der Waals surface area contributed by atoms with Crippen molar-refractivity contribution >= 4 is 21.6 Å². The van der Waals surface area contributed by atoms with Gasteiger partial charge in [-0.3, -0.25) is 4.79 Å². The molecule has 1 saturated heterocycles. The average molecular weight is 341 g/mol. The number of rotatable bonds is 6. The lowest BCUT2D eigenvalue weighted by Gasteiger charge is -2.35. The molecule has 3 N–H and O–H groups in total. The maximum Gasteiger partial charge on any atom is 0.240 e. The second-order valence-corrected chi connectivity index (χ2v) is 7.54. The van der Waals surface area contributed by atoms with Gasteiger partial charge in [0, 0.05) is 12.8 Å². The van der Waals surface area contributed by atoms with Crippen molar-refractivity contribution in [2.75, 3.05) is 39.2 Å². The number of ether oxygens (including phenoxy) is 1. The van der Waals surface area contributed by atoms with Crippen LogP contribution in [0.5, 0.6) is 0 Å². The quantitative estimate of drug-likeness (QED) is 0.702. The zero-order valence-electron chi connectivity index (χ0n) is 13.4. The van der Waals surface area contributed by atoms with Crippen LogP contribution in [0.15, 0.2) is 29.2 Å². The summed E-state index contributed by atoms with van der Waals surface area (Å²) in [4.78, 5) is 12.8. The van der Waals surface area contributed by atoms with Crippen LogP contribution >= 0.6 is 0 Å². The first-order valence-electron chi connectivity index (χ1n) is 7.48. The predicted molar refractivity (Wildman–Crippen MR) is 87.7 cm³/mol. The van der Waals surface area contributed by atoms with Crippen molar-refractivity contribution in [2.45, 2.75) is 17.7 Å². The summed E-state index contributed by atoms with van der Waals surface area (Å²) in [7, 11) is -0.612. The van der Waals surface area contributed by atoms with Gasteiger partial charge in [-0.25, -0.2) is 13.1 Å². The van der Waals surface area contributed by atoms with Crippen LogP contribution in [0.3, 0.4) is 0 Å². The van der Waals surface area contributed by atoms with Gasteiger partial charge < -0.3 is 15.4 Å². The molecule has 1 amide bonds. The lowest BCUT2D eigenvalue weighted by atomic mass is 9.78. The molecular weight excluding hydrogens is 318 g/mol. The Morgan fingerprint density at radius 3 is 2.65 bits per heavy atom. The topological polar surface area (TPSA) is 96.5 Å². The highest BCUT2D eigenvalue weighted by molar-refractivity contribution is 7.89. The fourth-order valence-electron chi connectivity index (χ4n) is 2.74. The Kier molecular flexibility index (Phi) is 5.74. The first-order valence-corrected chi connectivity index (χ1v) is 8.96. The summed E-state index contributed by atoms with van der Waals surface area (Å²) >= 11 is 0. The molecule has 23 heavy (non-hydrogen) atoms. The molecule has 0 saturated carbocycles. The molecular formula is C15H23N3O4S. The van der Waals surface area contributed by atoms with Gasteiger partial charge in [0.25, 0.3) is 0 Å². The first-order chi connectivity index (χ1) is 10.9. The molecule has 0 bridgehead atoms. The van der Waals surface area contributed by atoms with Crippen molar-refractivity contribution in [1.29, 1.82) is 0 Å². The Bertz CT molecular complexity index is 649. The average Bonchev–Trinajstić information content (AvgIpc) is 2.56. The van der Waals surface area contributed by atoms with Gasteiger partial charge in [0.15, 0.2) is 0 Å². The zero-order chi connectivity index (χ0) is 16.9. The van der Waals surface area contributed by atoms with Crippen LogP contribution in [-0.2, 0) is 19.6 Å². The minimum atomic E-state index is -3.54. The molecule has 1 heterocycles. The normalized spacial score (nSPS) is 17.7. The fraction of sp³-hybridized carbons (Fsp3) is 0.533. The van der Waals surface area contributed by atoms with Crippen LogP contribution in [0.1, 0.15) is 12.8 Å². The van der Waals surface area contributed by atoms with Crippen LogP contribution in [-0.4, -0.2) is 48.2 Å².